The smallest absolute Gasteiger partial charge is 0.328 e. The number of amides is 1. The van der Waals surface area contributed by atoms with Crippen LogP contribution in [0.1, 0.15) is 31.6 Å². The Bertz CT molecular complexity index is 790. The number of likely N-dealkylation sites (tertiary alicyclic amines) is 1. The van der Waals surface area contributed by atoms with Crippen molar-refractivity contribution in [3.8, 4) is 0 Å². The van der Waals surface area contributed by atoms with Gasteiger partial charge in [0.1, 0.15) is 12.3 Å². The van der Waals surface area contributed by atoms with Gasteiger partial charge in [-0.15, -0.1) is 0 Å². The molecule has 0 bridgehead atoms. The van der Waals surface area contributed by atoms with Crippen molar-refractivity contribution in [2.45, 2.75) is 32.4 Å². The van der Waals surface area contributed by atoms with Gasteiger partial charge >= 0.3 is 5.69 Å². The van der Waals surface area contributed by atoms with E-state index in [2.05, 4.69) is 11.9 Å². The van der Waals surface area contributed by atoms with E-state index in [0.717, 1.165) is 18.6 Å². The summed E-state index contributed by atoms with van der Waals surface area (Å²) in [6.45, 7) is 2.69. The molecule has 1 fully saturated rings. The van der Waals surface area contributed by atoms with Gasteiger partial charge in [-0.25, -0.2) is 4.79 Å². The van der Waals surface area contributed by atoms with Crippen molar-refractivity contribution < 1.29 is 9.21 Å². The number of aromatic amines is 1. The molecule has 23 heavy (non-hydrogen) atoms. The summed E-state index contributed by atoms with van der Waals surface area (Å²) in [5.41, 5.74) is -1.05. The van der Waals surface area contributed by atoms with Crippen LogP contribution in [0.3, 0.4) is 0 Å². The number of aromatic nitrogens is 2. The van der Waals surface area contributed by atoms with E-state index in [9.17, 15) is 14.4 Å². The van der Waals surface area contributed by atoms with Crippen LogP contribution in [0.4, 0.5) is 0 Å². The van der Waals surface area contributed by atoms with Crippen molar-refractivity contribution >= 4 is 5.91 Å². The molecule has 0 unspecified atom stereocenters. The summed E-state index contributed by atoms with van der Waals surface area (Å²) in [6.07, 6.45) is 4.69. The zero-order valence-corrected chi connectivity index (χ0v) is 12.9. The zero-order chi connectivity index (χ0) is 16.4. The van der Waals surface area contributed by atoms with Crippen molar-refractivity contribution in [1.29, 1.82) is 0 Å². The average Bonchev–Trinajstić information content (AvgIpc) is 3.04. The maximum absolute atomic E-state index is 12.6. The lowest BCUT2D eigenvalue weighted by Crippen LogP contribution is -2.43. The first kappa shape index (κ1) is 15.3. The summed E-state index contributed by atoms with van der Waals surface area (Å²) in [6, 6.07) is 4.80. The van der Waals surface area contributed by atoms with Gasteiger partial charge < -0.3 is 9.32 Å². The van der Waals surface area contributed by atoms with Crippen LogP contribution < -0.4 is 11.2 Å². The van der Waals surface area contributed by atoms with Crippen molar-refractivity contribution in [3.63, 3.8) is 0 Å². The number of carbonyl (C=O) groups excluding carboxylic acids is 1. The van der Waals surface area contributed by atoms with Crippen LogP contribution in [-0.4, -0.2) is 26.9 Å². The molecule has 3 rings (SSSR count). The predicted octanol–water partition coefficient (Wildman–Crippen LogP) is 1.13. The van der Waals surface area contributed by atoms with E-state index in [1.165, 1.54) is 16.8 Å². The number of rotatable bonds is 3. The number of furan rings is 1. The van der Waals surface area contributed by atoms with E-state index < -0.39 is 11.2 Å². The zero-order valence-electron chi connectivity index (χ0n) is 12.9. The molecule has 122 valence electrons. The maximum atomic E-state index is 12.6. The minimum atomic E-state index is -0.578. The third-order valence-electron chi connectivity index (χ3n) is 4.26. The molecule has 0 spiro atoms. The molecule has 2 aromatic heterocycles. The lowest BCUT2D eigenvalue weighted by atomic mass is 9.91. The van der Waals surface area contributed by atoms with E-state index >= 15 is 0 Å². The standard InChI is InChI=1S/C16H19N3O4/c1-11-4-7-19(12(9-11)13-3-2-8-23-13)15(21)10-18-6-5-14(20)17-16(18)22/h2-3,5-6,8,11-12H,4,7,9-10H2,1H3,(H,17,20,22)/t11-,12+/m1/s1. The summed E-state index contributed by atoms with van der Waals surface area (Å²) in [4.78, 5) is 39.4. The van der Waals surface area contributed by atoms with Gasteiger partial charge in [0.05, 0.1) is 12.3 Å². The van der Waals surface area contributed by atoms with E-state index in [1.54, 1.807) is 11.2 Å². The third-order valence-corrected chi connectivity index (χ3v) is 4.26. The van der Waals surface area contributed by atoms with Gasteiger partial charge in [-0.3, -0.25) is 19.1 Å². The fourth-order valence-electron chi connectivity index (χ4n) is 3.00. The van der Waals surface area contributed by atoms with Gasteiger partial charge in [0.2, 0.25) is 5.91 Å². The van der Waals surface area contributed by atoms with Crippen molar-refractivity contribution in [2.24, 2.45) is 5.92 Å². The van der Waals surface area contributed by atoms with Crippen LogP contribution >= 0.6 is 0 Å². The van der Waals surface area contributed by atoms with Gasteiger partial charge in [0.15, 0.2) is 0 Å². The summed E-state index contributed by atoms with van der Waals surface area (Å²) in [5, 5.41) is 0. The molecule has 2 atom stereocenters. The quantitative estimate of drug-likeness (QED) is 0.919. The number of H-pyrrole nitrogens is 1. The maximum Gasteiger partial charge on any atom is 0.328 e. The van der Waals surface area contributed by atoms with Crippen LogP contribution in [0.25, 0.3) is 0 Å². The first-order valence-corrected chi connectivity index (χ1v) is 7.67. The molecule has 7 nitrogen and oxygen atoms in total. The van der Waals surface area contributed by atoms with Crippen molar-refractivity contribution in [1.82, 2.24) is 14.5 Å². The van der Waals surface area contributed by atoms with Gasteiger partial charge in [0.25, 0.3) is 5.56 Å². The van der Waals surface area contributed by atoms with Crippen LogP contribution in [0.2, 0.25) is 0 Å². The monoisotopic (exact) mass is 317 g/mol. The van der Waals surface area contributed by atoms with Gasteiger partial charge in [-0.05, 0) is 30.9 Å². The highest BCUT2D eigenvalue weighted by Crippen LogP contribution is 2.34. The highest BCUT2D eigenvalue weighted by atomic mass is 16.3. The summed E-state index contributed by atoms with van der Waals surface area (Å²) in [5.74, 6) is 1.11. The molecule has 0 aromatic carbocycles. The second-order valence-corrected chi connectivity index (χ2v) is 5.99. The van der Waals surface area contributed by atoms with Gasteiger partial charge in [-0.1, -0.05) is 6.92 Å². The molecule has 1 aliphatic heterocycles. The number of nitrogens with zero attached hydrogens (tertiary/aromatic N) is 2. The molecule has 3 heterocycles. The molecule has 1 saturated heterocycles. The topological polar surface area (TPSA) is 88.3 Å². The van der Waals surface area contributed by atoms with Crippen molar-refractivity contribution in [3.05, 3.63) is 57.3 Å². The van der Waals surface area contributed by atoms with Gasteiger partial charge in [-0.2, -0.15) is 0 Å². The fourth-order valence-corrected chi connectivity index (χ4v) is 3.00. The largest absolute Gasteiger partial charge is 0.467 e. The van der Waals surface area contributed by atoms with Crippen LogP contribution in [0.5, 0.6) is 0 Å². The summed E-state index contributed by atoms with van der Waals surface area (Å²) >= 11 is 0. The Morgan fingerprint density at radius 1 is 1.39 bits per heavy atom. The molecule has 1 amide bonds. The third kappa shape index (κ3) is 3.28. The highest BCUT2D eigenvalue weighted by molar-refractivity contribution is 5.76. The van der Waals surface area contributed by atoms with E-state index in [0.29, 0.717) is 12.5 Å². The average molecular weight is 317 g/mol. The molecule has 0 aliphatic carbocycles. The molecule has 0 saturated carbocycles. The Balaban J connectivity index is 1.81. The first-order chi connectivity index (χ1) is 11.0. The fraction of sp³-hybridized carbons (Fsp3) is 0.438. The number of hydrogen-bond donors (Lipinski definition) is 1. The molecule has 2 aromatic rings. The second-order valence-electron chi connectivity index (χ2n) is 5.99. The van der Waals surface area contributed by atoms with E-state index in [1.807, 2.05) is 12.1 Å². The first-order valence-electron chi connectivity index (χ1n) is 7.67. The van der Waals surface area contributed by atoms with E-state index in [-0.39, 0.29) is 18.5 Å². The molecular weight excluding hydrogens is 298 g/mol. The molecular formula is C16H19N3O4. The van der Waals surface area contributed by atoms with Crippen LogP contribution in [0, 0.1) is 5.92 Å². The van der Waals surface area contributed by atoms with Crippen LogP contribution in [0.15, 0.2) is 44.7 Å². The normalized spacial score (nSPS) is 21.3. The number of piperidine rings is 1. The molecule has 1 N–H and O–H groups in total. The highest BCUT2D eigenvalue weighted by Gasteiger charge is 2.32. The lowest BCUT2D eigenvalue weighted by Gasteiger charge is -2.37. The second kappa shape index (κ2) is 6.28. The summed E-state index contributed by atoms with van der Waals surface area (Å²) in [7, 11) is 0. The Morgan fingerprint density at radius 3 is 2.91 bits per heavy atom. The minimum absolute atomic E-state index is 0.0960. The molecule has 0 radical (unpaired) electrons. The van der Waals surface area contributed by atoms with Crippen LogP contribution in [-0.2, 0) is 11.3 Å². The summed E-state index contributed by atoms with van der Waals surface area (Å²) < 4.78 is 6.69. The van der Waals surface area contributed by atoms with E-state index in [4.69, 9.17) is 4.42 Å². The number of carbonyl (C=O) groups is 1. The Hall–Kier alpha value is -2.57. The van der Waals surface area contributed by atoms with Gasteiger partial charge in [0, 0.05) is 18.8 Å². The Labute approximate surface area is 132 Å². The van der Waals surface area contributed by atoms with Crippen molar-refractivity contribution in [2.75, 3.05) is 6.54 Å². The molecule has 7 heteroatoms. The molecule has 1 aliphatic rings. The Morgan fingerprint density at radius 2 is 2.22 bits per heavy atom. The predicted molar refractivity (Wildman–Crippen MR) is 82.9 cm³/mol. The lowest BCUT2D eigenvalue weighted by molar-refractivity contribution is -0.137. The SMILES string of the molecule is C[C@@H]1CCN(C(=O)Cn2ccc(=O)[nH]c2=O)[C@H](c2ccco2)C1. The minimum Gasteiger partial charge on any atom is -0.467 e. The number of nitrogens with one attached hydrogen (secondary N) is 1. The number of hydrogen-bond acceptors (Lipinski definition) is 4. The Kier molecular flexibility index (Phi) is 4.18.